The van der Waals surface area contributed by atoms with Gasteiger partial charge < -0.3 is 4.90 Å². The molecule has 0 aliphatic heterocycles. The zero-order valence-corrected chi connectivity index (χ0v) is 12.9. The third-order valence-corrected chi connectivity index (χ3v) is 2.87. The second kappa shape index (κ2) is 6.70. The average Bonchev–Trinajstić information content (AvgIpc) is 2.36. The summed E-state index contributed by atoms with van der Waals surface area (Å²) in [5, 5.41) is 0. The maximum Gasteiger partial charge on any atom is 0.188 e. The van der Waals surface area contributed by atoms with Crippen molar-refractivity contribution >= 4 is 11.6 Å². The minimum atomic E-state index is -0.575. The van der Waals surface area contributed by atoms with Crippen molar-refractivity contribution in [3.05, 3.63) is 23.8 Å². The number of hydrogen-bond acceptors (Lipinski definition) is 5. The first-order chi connectivity index (χ1) is 9.23. The third kappa shape index (κ3) is 4.49. The second-order valence-electron chi connectivity index (χ2n) is 6.16. The van der Waals surface area contributed by atoms with Crippen LogP contribution in [0.1, 0.15) is 54.6 Å². The van der Waals surface area contributed by atoms with Crippen molar-refractivity contribution in [3.63, 3.8) is 0 Å². The van der Waals surface area contributed by atoms with Crippen molar-refractivity contribution in [1.29, 1.82) is 0 Å². The number of nitrogens with zero attached hydrogens (tertiary/aromatic N) is 3. The Kier molecular flexibility index (Phi) is 5.51. The molecule has 0 atom stereocenters. The molecule has 0 saturated carbocycles. The third-order valence-electron chi connectivity index (χ3n) is 2.87. The molecule has 0 N–H and O–H groups in total. The number of carbonyl (C=O) groups excluding carboxylic acids is 2. The van der Waals surface area contributed by atoms with Gasteiger partial charge in [-0.05, 0) is 27.1 Å². The van der Waals surface area contributed by atoms with Crippen LogP contribution in [0.2, 0.25) is 0 Å². The molecule has 0 amide bonds. The van der Waals surface area contributed by atoms with Gasteiger partial charge in [-0.3, -0.25) is 9.59 Å². The van der Waals surface area contributed by atoms with Gasteiger partial charge in [0.1, 0.15) is 11.4 Å². The maximum absolute atomic E-state index is 12.3. The monoisotopic (exact) mass is 277 g/mol. The summed E-state index contributed by atoms with van der Waals surface area (Å²) in [5.41, 5.74) is -0.185. The highest BCUT2D eigenvalue weighted by Gasteiger charge is 2.28. The number of ketones is 2. The van der Waals surface area contributed by atoms with Gasteiger partial charge in [-0.25, -0.2) is 9.97 Å². The molecule has 0 bridgehead atoms. The van der Waals surface area contributed by atoms with Crippen LogP contribution < -0.4 is 0 Å². The van der Waals surface area contributed by atoms with E-state index in [2.05, 4.69) is 9.97 Å². The van der Waals surface area contributed by atoms with Crippen molar-refractivity contribution in [1.82, 2.24) is 14.9 Å². The predicted molar refractivity (Wildman–Crippen MR) is 77.9 cm³/mol. The summed E-state index contributed by atoms with van der Waals surface area (Å²) in [7, 11) is 3.92. The molecule has 0 aliphatic carbocycles. The Bertz CT molecular complexity index is 490. The van der Waals surface area contributed by atoms with Gasteiger partial charge in [0.05, 0.1) is 0 Å². The van der Waals surface area contributed by atoms with Crippen LogP contribution in [0, 0.1) is 5.41 Å². The highest BCUT2D eigenvalue weighted by molar-refractivity contribution is 6.08. The lowest BCUT2D eigenvalue weighted by Gasteiger charge is -2.17. The number of hydrogen-bond donors (Lipinski definition) is 0. The van der Waals surface area contributed by atoms with E-state index in [1.54, 1.807) is 0 Å². The zero-order valence-electron chi connectivity index (χ0n) is 12.9. The quantitative estimate of drug-likeness (QED) is 0.746. The smallest absolute Gasteiger partial charge is 0.188 e. The molecule has 1 aromatic heterocycles. The second-order valence-corrected chi connectivity index (χ2v) is 6.16. The SMILES string of the molecule is CN(C)CCCC(=O)c1nccnc1C(=O)C(C)(C)C. The first kappa shape index (κ1) is 16.4. The molecule has 20 heavy (non-hydrogen) atoms. The van der Waals surface area contributed by atoms with E-state index in [0.717, 1.165) is 13.0 Å². The minimum Gasteiger partial charge on any atom is -0.309 e. The minimum absolute atomic E-state index is 0.118. The van der Waals surface area contributed by atoms with Gasteiger partial charge in [-0.1, -0.05) is 20.8 Å². The van der Waals surface area contributed by atoms with Crippen molar-refractivity contribution < 1.29 is 9.59 Å². The van der Waals surface area contributed by atoms with E-state index in [4.69, 9.17) is 0 Å². The van der Waals surface area contributed by atoms with Gasteiger partial charge in [0.2, 0.25) is 0 Å². The summed E-state index contributed by atoms with van der Waals surface area (Å²) in [6.45, 7) is 6.26. The molecule has 0 unspecified atom stereocenters. The van der Waals surface area contributed by atoms with E-state index in [1.807, 2.05) is 39.8 Å². The number of carbonyl (C=O) groups is 2. The Morgan fingerprint density at radius 2 is 1.65 bits per heavy atom. The number of rotatable bonds is 6. The van der Waals surface area contributed by atoms with Crippen molar-refractivity contribution in [3.8, 4) is 0 Å². The molecule has 1 rings (SSSR count). The molecule has 0 aromatic carbocycles. The van der Waals surface area contributed by atoms with Crippen LogP contribution in [0.25, 0.3) is 0 Å². The van der Waals surface area contributed by atoms with E-state index < -0.39 is 5.41 Å². The lowest BCUT2D eigenvalue weighted by Crippen LogP contribution is -2.25. The molecule has 5 nitrogen and oxygen atoms in total. The van der Waals surface area contributed by atoms with Crippen LogP contribution in [0.5, 0.6) is 0 Å². The first-order valence-electron chi connectivity index (χ1n) is 6.77. The van der Waals surface area contributed by atoms with Gasteiger partial charge in [0, 0.05) is 24.2 Å². The Labute approximate surface area is 120 Å². The largest absolute Gasteiger partial charge is 0.309 e. The van der Waals surface area contributed by atoms with Crippen LogP contribution in [-0.2, 0) is 0 Å². The summed E-state index contributed by atoms with van der Waals surface area (Å²) in [6, 6.07) is 0. The first-order valence-corrected chi connectivity index (χ1v) is 6.77. The molecule has 1 aromatic rings. The summed E-state index contributed by atoms with van der Waals surface area (Å²) >= 11 is 0. The number of Topliss-reactive ketones (excluding diaryl/α,β-unsaturated/α-hetero) is 2. The molecule has 0 spiro atoms. The molecular formula is C15H23N3O2. The van der Waals surface area contributed by atoms with Gasteiger partial charge in [0.25, 0.3) is 0 Å². The molecule has 0 fully saturated rings. The van der Waals surface area contributed by atoms with E-state index >= 15 is 0 Å². The van der Waals surface area contributed by atoms with Crippen molar-refractivity contribution in [2.24, 2.45) is 5.41 Å². The van der Waals surface area contributed by atoms with Gasteiger partial charge in [-0.2, -0.15) is 0 Å². The topological polar surface area (TPSA) is 63.2 Å². The van der Waals surface area contributed by atoms with Crippen LogP contribution in [0.15, 0.2) is 12.4 Å². The summed E-state index contributed by atoms with van der Waals surface area (Å²) in [6.07, 6.45) is 4.03. The highest BCUT2D eigenvalue weighted by Crippen LogP contribution is 2.21. The van der Waals surface area contributed by atoms with Crippen molar-refractivity contribution in [2.75, 3.05) is 20.6 Å². The standard InChI is InChI=1S/C15H23N3O2/c1-15(2,3)14(20)13-12(16-8-9-17-13)11(19)7-6-10-18(4)5/h8-9H,6-7,10H2,1-5H3. The predicted octanol–water partition coefficient (Wildman–Crippen LogP) is 2.23. The fraction of sp³-hybridized carbons (Fsp3) is 0.600. The van der Waals surface area contributed by atoms with Gasteiger partial charge in [-0.15, -0.1) is 0 Å². The van der Waals surface area contributed by atoms with Crippen LogP contribution in [0.4, 0.5) is 0 Å². The molecule has 0 radical (unpaired) electrons. The van der Waals surface area contributed by atoms with Crippen molar-refractivity contribution in [2.45, 2.75) is 33.6 Å². The Hall–Kier alpha value is -1.62. The molecule has 0 saturated heterocycles. The Morgan fingerprint density at radius 1 is 1.10 bits per heavy atom. The Balaban J connectivity index is 2.90. The average molecular weight is 277 g/mol. The van der Waals surface area contributed by atoms with E-state index in [-0.39, 0.29) is 23.0 Å². The Morgan fingerprint density at radius 3 is 2.15 bits per heavy atom. The normalized spacial score (nSPS) is 11.7. The molecule has 110 valence electrons. The zero-order chi connectivity index (χ0) is 15.3. The molecule has 1 heterocycles. The van der Waals surface area contributed by atoms with Crippen LogP contribution >= 0.6 is 0 Å². The molecule has 0 aliphatic rings. The number of aromatic nitrogens is 2. The molecular weight excluding hydrogens is 254 g/mol. The van der Waals surface area contributed by atoms with E-state index in [1.165, 1.54) is 12.4 Å². The summed E-state index contributed by atoms with van der Waals surface area (Å²) in [5.74, 6) is -0.269. The van der Waals surface area contributed by atoms with E-state index in [9.17, 15) is 9.59 Å². The molecule has 5 heteroatoms. The van der Waals surface area contributed by atoms with Crippen LogP contribution in [0.3, 0.4) is 0 Å². The fourth-order valence-electron chi connectivity index (χ4n) is 1.74. The summed E-state index contributed by atoms with van der Waals surface area (Å²) in [4.78, 5) is 34.7. The van der Waals surface area contributed by atoms with Gasteiger partial charge >= 0.3 is 0 Å². The van der Waals surface area contributed by atoms with E-state index in [0.29, 0.717) is 6.42 Å². The lowest BCUT2D eigenvalue weighted by atomic mass is 9.87. The van der Waals surface area contributed by atoms with Gasteiger partial charge in [0.15, 0.2) is 11.6 Å². The summed E-state index contributed by atoms with van der Waals surface area (Å²) < 4.78 is 0. The lowest BCUT2D eigenvalue weighted by molar-refractivity contribution is 0.0842. The maximum atomic E-state index is 12.3. The van der Waals surface area contributed by atoms with Crippen LogP contribution in [-0.4, -0.2) is 47.1 Å². The fourth-order valence-corrected chi connectivity index (χ4v) is 1.74. The highest BCUT2D eigenvalue weighted by atomic mass is 16.1.